The van der Waals surface area contributed by atoms with Crippen molar-refractivity contribution in [1.82, 2.24) is 14.3 Å². The molecule has 2 aromatic rings. The van der Waals surface area contributed by atoms with Crippen molar-refractivity contribution in [1.29, 1.82) is 0 Å². The summed E-state index contributed by atoms with van der Waals surface area (Å²) >= 11 is 12.6. The largest absolute Gasteiger partial charge is 0.489 e. The molecule has 26 heavy (non-hydrogen) atoms. The van der Waals surface area contributed by atoms with Crippen LogP contribution in [-0.4, -0.2) is 20.5 Å². The Labute approximate surface area is 158 Å². The van der Waals surface area contributed by atoms with Gasteiger partial charge in [-0.25, -0.2) is 14.0 Å². The van der Waals surface area contributed by atoms with E-state index in [9.17, 15) is 18.0 Å². The molecule has 0 aliphatic carbocycles. The smallest absolute Gasteiger partial charge is 0.452 e. The van der Waals surface area contributed by atoms with Crippen molar-refractivity contribution in [3.63, 3.8) is 0 Å². The number of rotatable bonds is 5. The number of hydrogen-bond acceptors (Lipinski definition) is 3. The van der Waals surface area contributed by atoms with Crippen LogP contribution >= 0.6 is 23.2 Å². The van der Waals surface area contributed by atoms with Crippen molar-refractivity contribution >= 4 is 23.2 Å². The summed E-state index contributed by atoms with van der Waals surface area (Å²) in [5, 5.41) is 3.34. The van der Waals surface area contributed by atoms with Crippen LogP contribution in [0.1, 0.15) is 38.6 Å². The SMILES string of the molecule is CCCc1c(Cl)c(-n2c(C(F)(F)F)nn(C)c2=O)cc(Cl)c1OC(C)C. The van der Waals surface area contributed by atoms with E-state index in [0.29, 0.717) is 33.4 Å². The molecule has 0 atom stereocenters. The fourth-order valence-electron chi connectivity index (χ4n) is 2.51. The van der Waals surface area contributed by atoms with Gasteiger partial charge in [-0.1, -0.05) is 36.5 Å². The fourth-order valence-corrected chi connectivity index (χ4v) is 3.09. The number of aryl methyl sites for hydroxylation is 1. The van der Waals surface area contributed by atoms with Crippen molar-refractivity contribution in [3.8, 4) is 11.4 Å². The normalized spacial score (nSPS) is 12.1. The Balaban J connectivity index is 2.83. The number of aromatic nitrogens is 3. The van der Waals surface area contributed by atoms with E-state index in [-0.39, 0.29) is 21.8 Å². The lowest BCUT2D eigenvalue weighted by Gasteiger charge is -2.20. The Morgan fingerprint density at radius 2 is 1.92 bits per heavy atom. The standard InChI is InChI=1S/C16H18Cl2F3N3O2/c1-5-6-9-12(18)11(7-10(17)13(9)26-8(2)3)24-14(16(19,20)21)22-23(4)15(24)25/h7-8H,5-6H2,1-4H3. The number of alkyl halides is 3. The molecular weight excluding hydrogens is 394 g/mol. The van der Waals surface area contributed by atoms with Gasteiger partial charge >= 0.3 is 11.9 Å². The lowest BCUT2D eigenvalue weighted by molar-refractivity contribution is -0.146. The molecule has 10 heteroatoms. The summed E-state index contributed by atoms with van der Waals surface area (Å²) in [7, 11) is 1.13. The average molecular weight is 412 g/mol. The van der Waals surface area contributed by atoms with Gasteiger partial charge in [0.2, 0.25) is 5.82 Å². The molecule has 0 saturated heterocycles. The number of nitrogens with zero attached hydrogens (tertiary/aromatic N) is 3. The highest BCUT2D eigenvalue weighted by Gasteiger charge is 2.40. The minimum atomic E-state index is -4.84. The van der Waals surface area contributed by atoms with Crippen molar-refractivity contribution in [3.05, 3.63) is 38.0 Å². The molecular formula is C16H18Cl2F3N3O2. The molecule has 1 aromatic carbocycles. The molecule has 0 unspecified atom stereocenters. The zero-order valence-corrected chi connectivity index (χ0v) is 16.1. The minimum absolute atomic E-state index is 0.0208. The van der Waals surface area contributed by atoms with Crippen LogP contribution in [0.4, 0.5) is 13.2 Å². The quantitative estimate of drug-likeness (QED) is 0.719. The van der Waals surface area contributed by atoms with Gasteiger partial charge in [-0.15, -0.1) is 5.10 Å². The maximum atomic E-state index is 13.3. The Kier molecular flexibility index (Phi) is 5.97. The number of halogens is 5. The second-order valence-corrected chi connectivity index (χ2v) is 6.76. The Hall–Kier alpha value is -1.67. The van der Waals surface area contributed by atoms with E-state index in [2.05, 4.69) is 5.10 Å². The molecule has 0 spiro atoms. The molecule has 5 nitrogen and oxygen atoms in total. The molecule has 144 valence electrons. The van der Waals surface area contributed by atoms with Crippen LogP contribution in [0.5, 0.6) is 5.75 Å². The predicted octanol–water partition coefficient (Wildman–Crippen LogP) is 4.64. The van der Waals surface area contributed by atoms with Gasteiger partial charge in [0, 0.05) is 12.6 Å². The molecule has 2 rings (SSSR count). The van der Waals surface area contributed by atoms with E-state index < -0.39 is 17.7 Å². The van der Waals surface area contributed by atoms with Crippen LogP contribution in [0.25, 0.3) is 5.69 Å². The van der Waals surface area contributed by atoms with E-state index >= 15 is 0 Å². The van der Waals surface area contributed by atoms with Crippen molar-refractivity contribution < 1.29 is 17.9 Å². The van der Waals surface area contributed by atoms with Crippen LogP contribution in [0.15, 0.2) is 10.9 Å². The predicted molar refractivity (Wildman–Crippen MR) is 93.6 cm³/mol. The summed E-state index contributed by atoms with van der Waals surface area (Å²) in [6.45, 7) is 5.47. The maximum absolute atomic E-state index is 13.3. The summed E-state index contributed by atoms with van der Waals surface area (Å²) in [6, 6.07) is 1.19. The molecule has 0 aliphatic rings. The number of benzene rings is 1. The van der Waals surface area contributed by atoms with E-state index in [1.807, 2.05) is 6.92 Å². The van der Waals surface area contributed by atoms with Gasteiger partial charge in [0.25, 0.3) is 0 Å². The summed E-state index contributed by atoms with van der Waals surface area (Å²) in [4.78, 5) is 12.3. The van der Waals surface area contributed by atoms with Gasteiger partial charge in [-0.05, 0) is 26.3 Å². The van der Waals surface area contributed by atoms with Crippen molar-refractivity contribution in [2.75, 3.05) is 0 Å². The van der Waals surface area contributed by atoms with E-state index in [4.69, 9.17) is 27.9 Å². The van der Waals surface area contributed by atoms with Gasteiger partial charge in [0.05, 0.1) is 21.8 Å². The Morgan fingerprint density at radius 3 is 2.42 bits per heavy atom. The second-order valence-electron chi connectivity index (χ2n) is 5.98. The first kappa shape index (κ1) is 20.6. The Bertz CT molecular complexity index is 873. The highest BCUT2D eigenvalue weighted by atomic mass is 35.5. The second kappa shape index (κ2) is 7.52. The molecule has 1 heterocycles. The first-order valence-electron chi connectivity index (χ1n) is 7.90. The molecule has 1 aromatic heterocycles. The third-order valence-electron chi connectivity index (χ3n) is 3.52. The highest BCUT2D eigenvalue weighted by Crippen LogP contribution is 2.41. The monoisotopic (exact) mass is 411 g/mol. The van der Waals surface area contributed by atoms with E-state index in [1.165, 1.54) is 6.07 Å². The van der Waals surface area contributed by atoms with Gasteiger partial charge in [0.15, 0.2) is 0 Å². The van der Waals surface area contributed by atoms with E-state index in [1.54, 1.807) is 13.8 Å². The summed E-state index contributed by atoms with van der Waals surface area (Å²) in [6.07, 6.45) is -3.97. The van der Waals surface area contributed by atoms with E-state index in [0.717, 1.165) is 7.05 Å². The minimum Gasteiger partial charge on any atom is -0.489 e. The molecule has 0 fully saturated rings. The van der Waals surface area contributed by atoms with Gasteiger partial charge in [0.1, 0.15) is 5.75 Å². The summed E-state index contributed by atoms with van der Waals surface area (Å²) in [5.41, 5.74) is -0.703. The molecule has 0 amide bonds. The van der Waals surface area contributed by atoms with Crippen LogP contribution in [-0.2, 0) is 19.6 Å². The molecule has 0 radical (unpaired) electrons. The third-order valence-corrected chi connectivity index (χ3v) is 4.22. The zero-order valence-electron chi connectivity index (χ0n) is 14.6. The lowest BCUT2D eigenvalue weighted by atomic mass is 10.1. The molecule has 0 saturated carbocycles. The highest BCUT2D eigenvalue weighted by molar-refractivity contribution is 6.36. The average Bonchev–Trinajstić information content (AvgIpc) is 2.82. The molecule has 0 bridgehead atoms. The third kappa shape index (κ3) is 3.86. The van der Waals surface area contributed by atoms with Gasteiger partial charge in [-0.2, -0.15) is 13.2 Å². The van der Waals surface area contributed by atoms with Crippen LogP contribution in [0, 0.1) is 0 Å². The Morgan fingerprint density at radius 1 is 1.31 bits per heavy atom. The lowest BCUT2D eigenvalue weighted by Crippen LogP contribution is -2.25. The molecule has 0 N–H and O–H groups in total. The maximum Gasteiger partial charge on any atom is 0.452 e. The first-order valence-corrected chi connectivity index (χ1v) is 8.65. The number of hydrogen-bond donors (Lipinski definition) is 0. The summed E-state index contributed by atoms with van der Waals surface area (Å²) < 4.78 is 46.7. The van der Waals surface area contributed by atoms with Crippen LogP contribution in [0.2, 0.25) is 10.0 Å². The fraction of sp³-hybridized carbons (Fsp3) is 0.500. The van der Waals surface area contributed by atoms with Gasteiger partial charge in [-0.3, -0.25) is 0 Å². The van der Waals surface area contributed by atoms with Crippen molar-refractivity contribution in [2.24, 2.45) is 7.05 Å². The summed E-state index contributed by atoms with van der Waals surface area (Å²) in [5.74, 6) is -1.06. The first-order chi connectivity index (χ1) is 12.0. The number of ether oxygens (including phenoxy) is 1. The zero-order chi connectivity index (χ0) is 19.8. The van der Waals surface area contributed by atoms with Crippen molar-refractivity contribution in [2.45, 2.75) is 45.9 Å². The topological polar surface area (TPSA) is 49.0 Å². The molecule has 0 aliphatic heterocycles. The van der Waals surface area contributed by atoms with Crippen LogP contribution in [0.3, 0.4) is 0 Å². The van der Waals surface area contributed by atoms with Gasteiger partial charge < -0.3 is 4.74 Å². The van der Waals surface area contributed by atoms with Crippen LogP contribution < -0.4 is 10.4 Å².